The highest BCUT2D eigenvalue weighted by atomic mass is 16.7. The van der Waals surface area contributed by atoms with Crippen LogP contribution in [0.1, 0.15) is 380 Å². The number of amides is 1. The Morgan fingerprint density at radius 3 is 1.12 bits per heavy atom. The van der Waals surface area contributed by atoms with E-state index in [1.165, 1.54) is 289 Å². The lowest BCUT2D eigenvalue weighted by molar-refractivity contribution is -0.302. The van der Waals surface area contributed by atoms with Crippen molar-refractivity contribution in [3.63, 3.8) is 0 Å². The summed E-state index contributed by atoms with van der Waals surface area (Å²) in [6.45, 7) is 4.34. The molecule has 11 nitrogen and oxygen atoms in total. The maximum atomic E-state index is 13.1. The van der Waals surface area contributed by atoms with Crippen molar-refractivity contribution in [3.8, 4) is 0 Å². The van der Waals surface area contributed by atoms with E-state index in [2.05, 4.69) is 43.5 Å². The zero-order chi connectivity index (χ0) is 63.7. The Kier molecular flexibility index (Phi) is 63.2. The molecular formula is C77H145NO10. The minimum absolute atomic E-state index is 0.0168. The Bertz CT molecular complexity index is 1560. The monoisotopic (exact) mass is 1240 g/mol. The minimum Gasteiger partial charge on any atom is -0.466 e. The molecule has 0 saturated carbocycles. The van der Waals surface area contributed by atoms with Crippen LogP contribution in [0.2, 0.25) is 0 Å². The summed E-state index contributed by atoms with van der Waals surface area (Å²) in [7, 11) is 0. The normalized spacial score (nSPS) is 17.9. The summed E-state index contributed by atoms with van der Waals surface area (Å²) in [5, 5.41) is 54.5. The van der Waals surface area contributed by atoms with Crippen LogP contribution in [0.15, 0.2) is 36.5 Å². The molecule has 0 aromatic heterocycles. The van der Waals surface area contributed by atoms with E-state index in [1.807, 2.05) is 6.08 Å². The van der Waals surface area contributed by atoms with E-state index in [-0.39, 0.29) is 18.5 Å². The third kappa shape index (κ3) is 54.4. The Labute approximate surface area is 543 Å². The smallest absolute Gasteiger partial charge is 0.305 e. The fourth-order valence-corrected chi connectivity index (χ4v) is 12.2. The number of allylic oxidation sites excluding steroid dienone is 5. The number of nitrogens with one attached hydrogen (secondary N) is 1. The highest BCUT2D eigenvalue weighted by molar-refractivity contribution is 5.76. The average molecular weight is 1250 g/mol. The van der Waals surface area contributed by atoms with Crippen LogP contribution in [-0.4, -0.2) is 100 Å². The van der Waals surface area contributed by atoms with Crippen molar-refractivity contribution in [1.29, 1.82) is 0 Å². The molecule has 1 heterocycles. The van der Waals surface area contributed by atoms with Gasteiger partial charge in [-0.05, 0) is 57.8 Å². The molecule has 0 spiro atoms. The second-order valence-corrected chi connectivity index (χ2v) is 26.7. The highest BCUT2D eigenvalue weighted by Gasteiger charge is 2.44. The second-order valence-electron chi connectivity index (χ2n) is 26.7. The fourth-order valence-electron chi connectivity index (χ4n) is 12.2. The summed E-state index contributed by atoms with van der Waals surface area (Å²) >= 11 is 0. The summed E-state index contributed by atoms with van der Waals surface area (Å²) in [6, 6.07) is -0.831. The summed E-state index contributed by atoms with van der Waals surface area (Å²) in [5.74, 6) is -0.173. The van der Waals surface area contributed by atoms with Gasteiger partial charge < -0.3 is 45.1 Å². The largest absolute Gasteiger partial charge is 0.466 e. The first-order valence-corrected chi connectivity index (χ1v) is 38.3. The molecule has 7 unspecified atom stereocenters. The molecule has 0 aliphatic carbocycles. The standard InChI is InChI=1S/C77H145NO10/c1-3-5-7-9-11-13-15-40-43-47-51-55-59-63-70(80)69(68-87-77-76(85)75(84)74(83)71(67-79)88-77)78-72(81)64-60-56-52-48-44-41-38-36-34-32-30-28-26-24-22-20-18-17-19-21-23-25-27-29-31-33-35-37-39-42-46-50-54-58-62-66-86-73(82)65-61-57-53-49-45-16-14-12-10-8-6-4-2/h11,13,43,47,59,63,69-71,74-77,79-80,83-85H,3-10,12,14-42,44-46,48-58,60-62,64-68H2,1-2H3,(H,78,81)/b13-11+,47-43+,63-59+. The van der Waals surface area contributed by atoms with Crippen molar-refractivity contribution in [2.45, 2.75) is 423 Å². The molecule has 0 bridgehead atoms. The molecule has 0 radical (unpaired) electrons. The predicted molar refractivity (Wildman–Crippen MR) is 371 cm³/mol. The topological polar surface area (TPSA) is 175 Å². The van der Waals surface area contributed by atoms with E-state index in [9.17, 15) is 35.1 Å². The Morgan fingerprint density at radius 1 is 0.409 bits per heavy atom. The number of aliphatic hydroxyl groups is 5. The number of rotatable bonds is 68. The van der Waals surface area contributed by atoms with Gasteiger partial charge in [-0.3, -0.25) is 9.59 Å². The molecule has 1 aliphatic rings. The maximum absolute atomic E-state index is 13.1. The number of aliphatic hydroxyl groups excluding tert-OH is 5. The van der Waals surface area contributed by atoms with Gasteiger partial charge >= 0.3 is 5.97 Å². The summed E-state index contributed by atoms with van der Waals surface area (Å²) < 4.78 is 16.7. The quantitative estimate of drug-likeness (QED) is 0.0195. The van der Waals surface area contributed by atoms with Gasteiger partial charge in [0.25, 0.3) is 0 Å². The van der Waals surface area contributed by atoms with Gasteiger partial charge in [0, 0.05) is 12.8 Å². The van der Waals surface area contributed by atoms with Crippen molar-refractivity contribution in [2.24, 2.45) is 0 Å². The zero-order valence-electron chi connectivity index (χ0n) is 57.7. The Morgan fingerprint density at radius 2 is 0.739 bits per heavy atom. The molecule has 1 amide bonds. The van der Waals surface area contributed by atoms with Crippen LogP contribution in [0.5, 0.6) is 0 Å². The first-order chi connectivity index (χ1) is 43.2. The highest BCUT2D eigenvalue weighted by Crippen LogP contribution is 2.24. The van der Waals surface area contributed by atoms with Crippen LogP contribution >= 0.6 is 0 Å². The zero-order valence-corrected chi connectivity index (χ0v) is 57.7. The number of hydrogen-bond donors (Lipinski definition) is 6. The third-order valence-corrected chi connectivity index (χ3v) is 18.2. The molecule has 1 rings (SSSR count). The molecule has 1 aliphatic heterocycles. The molecule has 88 heavy (non-hydrogen) atoms. The van der Waals surface area contributed by atoms with Crippen LogP contribution in [0.4, 0.5) is 0 Å². The lowest BCUT2D eigenvalue weighted by atomic mass is 9.99. The van der Waals surface area contributed by atoms with Gasteiger partial charge in [-0.25, -0.2) is 0 Å². The van der Waals surface area contributed by atoms with Gasteiger partial charge in [-0.15, -0.1) is 0 Å². The van der Waals surface area contributed by atoms with Gasteiger partial charge in [-0.2, -0.15) is 0 Å². The predicted octanol–water partition coefficient (Wildman–Crippen LogP) is 20.1. The van der Waals surface area contributed by atoms with E-state index in [1.54, 1.807) is 6.08 Å². The van der Waals surface area contributed by atoms with E-state index in [0.29, 0.717) is 19.4 Å². The van der Waals surface area contributed by atoms with E-state index >= 15 is 0 Å². The molecule has 6 N–H and O–H groups in total. The van der Waals surface area contributed by atoms with Crippen molar-refractivity contribution >= 4 is 11.9 Å². The maximum Gasteiger partial charge on any atom is 0.305 e. The van der Waals surface area contributed by atoms with Crippen molar-refractivity contribution in [2.75, 3.05) is 19.8 Å². The van der Waals surface area contributed by atoms with Gasteiger partial charge in [0.15, 0.2) is 6.29 Å². The molecule has 0 aromatic rings. The van der Waals surface area contributed by atoms with Crippen molar-refractivity contribution in [1.82, 2.24) is 5.32 Å². The molecule has 1 saturated heterocycles. The first kappa shape index (κ1) is 83.9. The third-order valence-electron chi connectivity index (χ3n) is 18.2. The molecule has 7 atom stereocenters. The SMILES string of the molecule is CCCCC/C=C/CC/C=C/CC/C=C/C(O)C(COC1OC(CO)C(O)C(O)C1O)NC(=O)CCCCCCCCCCCCCCCCCCCCCCCCCCCCCCCCCCCCCOC(=O)CCCCCCCCCCCCCC. The Balaban J connectivity index is 1.91. The van der Waals surface area contributed by atoms with Gasteiger partial charge in [0.05, 0.1) is 32.0 Å². The van der Waals surface area contributed by atoms with Crippen LogP contribution in [0.3, 0.4) is 0 Å². The molecular weight excluding hydrogens is 1100 g/mol. The van der Waals surface area contributed by atoms with Gasteiger partial charge in [0.2, 0.25) is 5.91 Å². The van der Waals surface area contributed by atoms with Crippen LogP contribution < -0.4 is 5.32 Å². The van der Waals surface area contributed by atoms with E-state index < -0.39 is 49.5 Å². The van der Waals surface area contributed by atoms with Crippen LogP contribution in [-0.2, 0) is 23.8 Å². The minimum atomic E-state index is -1.58. The number of esters is 1. The number of hydrogen-bond acceptors (Lipinski definition) is 10. The number of unbranched alkanes of at least 4 members (excludes halogenated alkanes) is 50. The summed E-state index contributed by atoms with van der Waals surface area (Å²) in [5.41, 5.74) is 0. The van der Waals surface area contributed by atoms with Crippen molar-refractivity contribution < 1.29 is 49.3 Å². The number of ether oxygens (including phenoxy) is 3. The molecule has 0 aromatic carbocycles. The fraction of sp³-hybridized carbons (Fsp3) is 0.896. The number of carbonyl (C=O) groups is 2. The van der Waals surface area contributed by atoms with E-state index in [4.69, 9.17) is 14.2 Å². The number of carbonyl (C=O) groups excluding carboxylic acids is 2. The van der Waals surface area contributed by atoms with Gasteiger partial charge in [0.1, 0.15) is 24.4 Å². The lowest BCUT2D eigenvalue weighted by Gasteiger charge is -2.40. The van der Waals surface area contributed by atoms with Crippen molar-refractivity contribution in [3.05, 3.63) is 36.5 Å². The first-order valence-electron chi connectivity index (χ1n) is 38.3. The summed E-state index contributed by atoms with van der Waals surface area (Å²) in [6.07, 6.45) is 76.0. The molecule has 518 valence electrons. The molecule has 11 heteroatoms. The molecule has 1 fully saturated rings. The van der Waals surface area contributed by atoms with Gasteiger partial charge in [-0.1, -0.05) is 346 Å². The van der Waals surface area contributed by atoms with E-state index in [0.717, 1.165) is 64.2 Å². The average Bonchev–Trinajstić information content (AvgIpc) is 3.33. The lowest BCUT2D eigenvalue weighted by Crippen LogP contribution is -2.60. The van der Waals surface area contributed by atoms with Crippen LogP contribution in [0, 0.1) is 0 Å². The Hall–Kier alpha value is -2.12. The van der Waals surface area contributed by atoms with Crippen LogP contribution in [0.25, 0.3) is 0 Å². The summed E-state index contributed by atoms with van der Waals surface area (Å²) in [4.78, 5) is 25.1. The second kappa shape index (κ2) is 66.3.